The highest BCUT2D eigenvalue weighted by Crippen LogP contribution is 2.21. The van der Waals surface area contributed by atoms with Crippen molar-refractivity contribution in [2.75, 3.05) is 25.5 Å². The third-order valence-electron chi connectivity index (χ3n) is 3.19. The average Bonchev–Trinajstić information content (AvgIpc) is 2.57. The highest BCUT2D eigenvalue weighted by Gasteiger charge is 2.31. The van der Waals surface area contributed by atoms with Gasteiger partial charge in [0.15, 0.2) is 11.6 Å². The molecule has 0 aromatic carbocycles. The normalized spacial score (nSPS) is 11.5. The number of methoxy groups -OCH3 is 1. The van der Waals surface area contributed by atoms with Gasteiger partial charge in [-0.3, -0.25) is 0 Å². The molecule has 0 spiro atoms. The smallest absolute Gasteiger partial charge is 0.419 e. The molecule has 0 unspecified atom stereocenters. The number of pyridine rings is 1. The van der Waals surface area contributed by atoms with Gasteiger partial charge in [-0.05, 0) is 47.6 Å². The molecule has 168 valence electrons. The van der Waals surface area contributed by atoms with Crippen molar-refractivity contribution < 1.29 is 33.0 Å². The quantitative estimate of drug-likeness (QED) is 0.405. The first-order chi connectivity index (χ1) is 13.6. The van der Waals surface area contributed by atoms with E-state index < -0.39 is 35.2 Å². The molecule has 0 aliphatic heterocycles. The Hall–Kier alpha value is -2.62. The van der Waals surface area contributed by atoms with Crippen molar-refractivity contribution in [1.82, 2.24) is 9.88 Å². The van der Waals surface area contributed by atoms with Crippen LogP contribution < -0.4 is 5.32 Å². The largest absolute Gasteiger partial charge is 0.465 e. The number of imide groups is 1. The molecule has 0 atom stereocenters. The van der Waals surface area contributed by atoms with Gasteiger partial charge in [-0.25, -0.2) is 28.7 Å². The Kier molecular flexibility index (Phi) is 8.41. The van der Waals surface area contributed by atoms with Gasteiger partial charge in [-0.15, -0.1) is 0 Å². The molecule has 0 saturated heterocycles. The Bertz CT molecular complexity index is 777. The summed E-state index contributed by atoms with van der Waals surface area (Å²) in [5, 5.41) is 2.36. The number of ether oxygens (including phenoxy) is 3. The molecule has 0 radical (unpaired) electrons. The minimum absolute atomic E-state index is 0.0870. The zero-order chi connectivity index (χ0) is 23.3. The number of carbonyl (C=O) groups is 3. The Balaban J connectivity index is 2.94. The van der Waals surface area contributed by atoms with Gasteiger partial charge in [0.1, 0.15) is 21.9 Å². The van der Waals surface area contributed by atoms with Crippen molar-refractivity contribution in [3.8, 4) is 0 Å². The van der Waals surface area contributed by atoms with Gasteiger partial charge in [0.25, 0.3) is 0 Å². The second-order valence-electron chi connectivity index (χ2n) is 8.19. The highest BCUT2D eigenvalue weighted by molar-refractivity contribution is 6.32. The molecule has 0 saturated carbocycles. The van der Waals surface area contributed by atoms with Crippen molar-refractivity contribution in [3.63, 3.8) is 0 Å². The second-order valence-corrected chi connectivity index (χ2v) is 8.55. The molecule has 0 aliphatic rings. The standard InChI is InChI=1S/C19H27ClFN3O6/c1-18(2,3)29-16(26)24(17(27)30-19(4,5)6)9-8-22-14-12(21)10-11(13(20)23-14)15(25)28-7/h10H,8-9H2,1-7H3,(H,22,23). The van der Waals surface area contributed by atoms with Crippen LogP contribution in [0.5, 0.6) is 0 Å². The highest BCUT2D eigenvalue weighted by atomic mass is 35.5. The minimum Gasteiger partial charge on any atom is -0.465 e. The summed E-state index contributed by atoms with van der Waals surface area (Å²) < 4.78 is 29.2. The van der Waals surface area contributed by atoms with Crippen LogP contribution in [0.2, 0.25) is 5.15 Å². The van der Waals surface area contributed by atoms with E-state index in [0.29, 0.717) is 0 Å². The number of aromatic nitrogens is 1. The van der Waals surface area contributed by atoms with Crippen LogP contribution >= 0.6 is 11.6 Å². The van der Waals surface area contributed by atoms with Crippen LogP contribution in [0, 0.1) is 5.82 Å². The first-order valence-electron chi connectivity index (χ1n) is 9.06. The van der Waals surface area contributed by atoms with Crippen LogP contribution in [0.4, 0.5) is 19.8 Å². The summed E-state index contributed by atoms with van der Waals surface area (Å²) in [5.41, 5.74) is -1.91. The van der Waals surface area contributed by atoms with Crippen molar-refractivity contribution in [2.45, 2.75) is 52.7 Å². The van der Waals surface area contributed by atoms with E-state index >= 15 is 0 Å². The van der Waals surface area contributed by atoms with Gasteiger partial charge >= 0.3 is 18.2 Å². The predicted molar refractivity (Wildman–Crippen MR) is 108 cm³/mol. The van der Waals surface area contributed by atoms with Crippen LogP contribution in [0.15, 0.2) is 6.07 Å². The van der Waals surface area contributed by atoms with Gasteiger partial charge in [-0.2, -0.15) is 0 Å². The molecule has 11 heteroatoms. The first kappa shape index (κ1) is 25.4. The van der Waals surface area contributed by atoms with Crippen LogP contribution in [-0.4, -0.2) is 59.4 Å². The monoisotopic (exact) mass is 447 g/mol. The lowest BCUT2D eigenvalue weighted by molar-refractivity contribution is 0.00222. The SMILES string of the molecule is COC(=O)c1cc(F)c(NCCN(C(=O)OC(C)(C)C)C(=O)OC(C)(C)C)nc1Cl. The molecule has 1 rings (SSSR count). The van der Waals surface area contributed by atoms with E-state index in [9.17, 15) is 18.8 Å². The molecule has 0 fully saturated rings. The summed E-state index contributed by atoms with van der Waals surface area (Å²) in [7, 11) is 1.13. The van der Waals surface area contributed by atoms with Crippen molar-refractivity contribution >= 4 is 35.6 Å². The van der Waals surface area contributed by atoms with E-state index in [4.69, 9.17) is 21.1 Å². The maximum absolute atomic E-state index is 14.2. The van der Waals surface area contributed by atoms with Crippen LogP contribution in [0.3, 0.4) is 0 Å². The van der Waals surface area contributed by atoms with Crippen LogP contribution in [0.1, 0.15) is 51.9 Å². The number of rotatable bonds is 5. The number of nitrogens with one attached hydrogen (secondary N) is 1. The molecule has 9 nitrogen and oxygen atoms in total. The van der Waals surface area contributed by atoms with Crippen molar-refractivity contribution in [2.24, 2.45) is 0 Å². The molecular formula is C19H27ClFN3O6. The summed E-state index contributed by atoms with van der Waals surface area (Å²) in [4.78, 5) is 40.9. The fourth-order valence-electron chi connectivity index (χ4n) is 2.02. The molecule has 1 aromatic heterocycles. The number of halogens is 2. The molecular weight excluding hydrogens is 421 g/mol. The molecule has 2 amide bonds. The van der Waals surface area contributed by atoms with E-state index in [1.165, 1.54) is 0 Å². The summed E-state index contributed by atoms with van der Waals surface area (Å²) >= 11 is 5.89. The maximum atomic E-state index is 14.2. The van der Waals surface area contributed by atoms with E-state index in [-0.39, 0.29) is 29.6 Å². The third kappa shape index (κ3) is 8.02. The van der Waals surface area contributed by atoms with E-state index in [2.05, 4.69) is 15.0 Å². The average molecular weight is 448 g/mol. The number of esters is 1. The molecule has 0 aliphatic carbocycles. The molecule has 30 heavy (non-hydrogen) atoms. The number of nitrogens with zero attached hydrogens (tertiary/aromatic N) is 2. The van der Waals surface area contributed by atoms with E-state index in [0.717, 1.165) is 18.1 Å². The number of carbonyl (C=O) groups excluding carboxylic acids is 3. The molecule has 0 bridgehead atoms. The summed E-state index contributed by atoms with van der Waals surface area (Å²) in [6.45, 7) is 9.63. The molecule has 1 aromatic rings. The Morgan fingerprint density at radius 1 is 1.10 bits per heavy atom. The van der Waals surface area contributed by atoms with E-state index in [1.54, 1.807) is 41.5 Å². The van der Waals surface area contributed by atoms with Gasteiger partial charge in [0.05, 0.1) is 13.7 Å². The van der Waals surface area contributed by atoms with Gasteiger partial charge in [0.2, 0.25) is 0 Å². The fraction of sp³-hybridized carbons (Fsp3) is 0.579. The van der Waals surface area contributed by atoms with Gasteiger partial charge < -0.3 is 19.5 Å². The lowest BCUT2D eigenvalue weighted by Gasteiger charge is -2.28. The lowest BCUT2D eigenvalue weighted by Crippen LogP contribution is -2.45. The number of hydrogen-bond donors (Lipinski definition) is 1. The zero-order valence-electron chi connectivity index (χ0n) is 18.1. The topological polar surface area (TPSA) is 107 Å². The van der Waals surface area contributed by atoms with Crippen LogP contribution in [-0.2, 0) is 14.2 Å². The first-order valence-corrected chi connectivity index (χ1v) is 9.44. The van der Waals surface area contributed by atoms with Crippen LogP contribution in [0.25, 0.3) is 0 Å². The van der Waals surface area contributed by atoms with Crippen molar-refractivity contribution in [3.05, 3.63) is 22.6 Å². The third-order valence-corrected chi connectivity index (χ3v) is 3.48. The van der Waals surface area contributed by atoms with Crippen molar-refractivity contribution in [1.29, 1.82) is 0 Å². The number of anilines is 1. The Morgan fingerprint density at radius 3 is 2.03 bits per heavy atom. The van der Waals surface area contributed by atoms with Gasteiger partial charge in [-0.1, -0.05) is 11.6 Å². The Morgan fingerprint density at radius 2 is 1.60 bits per heavy atom. The lowest BCUT2D eigenvalue weighted by atomic mass is 10.2. The number of amides is 2. The summed E-state index contributed by atoms with van der Waals surface area (Å²) in [6.07, 6.45) is -1.82. The molecule has 1 heterocycles. The van der Waals surface area contributed by atoms with E-state index in [1.807, 2.05) is 0 Å². The summed E-state index contributed by atoms with van der Waals surface area (Å²) in [6, 6.07) is 0.878. The minimum atomic E-state index is -0.911. The van der Waals surface area contributed by atoms with Gasteiger partial charge in [0, 0.05) is 6.54 Å². The Labute approximate surface area is 179 Å². The zero-order valence-corrected chi connectivity index (χ0v) is 18.8. The molecule has 1 N–H and O–H groups in total. The number of hydrogen-bond acceptors (Lipinski definition) is 8. The fourth-order valence-corrected chi connectivity index (χ4v) is 2.24. The summed E-state index contributed by atoms with van der Waals surface area (Å²) in [5.74, 6) is -1.96. The maximum Gasteiger partial charge on any atom is 0.419 e. The predicted octanol–water partition coefficient (Wildman–Crippen LogP) is 4.24. The second kappa shape index (κ2) is 9.92.